The summed E-state index contributed by atoms with van der Waals surface area (Å²) in [5, 5.41) is 5.76. The molecule has 132 valence electrons. The van der Waals surface area contributed by atoms with E-state index in [9.17, 15) is 14.4 Å². The zero-order valence-corrected chi connectivity index (χ0v) is 14.6. The molecule has 1 aliphatic rings. The molecule has 0 aliphatic carbocycles. The van der Waals surface area contributed by atoms with Crippen molar-refractivity contribution in [2.24, 2.45) is 0 Å². The average molecular weight is 356 g/mol. The molecule has 0 fully saturated rings. The number of nitrogens with zero attached hydrogens (tertiary/aromatic N) is 1. The van der Waals surface area contributed by atoms with E-state index < -0.39 is 11.8 Å². The third kappa shape index (κ3) is 4.77. The van der Waals surface area contributed by atoms with Crippen LogP contribution in [0.25, 0.3) is 0 Å². The van der Waals surface area contributed by atoms with Crippen molar-refractivity contribution in [2.75, 3.05) is 39.9 Å². The van der Waals surface area contributed by atoms with Gasteiger partial charge in [-0.1, -0.05) is 11.6 Å². The lowest BCUT2D eigenvalue weighted by Crippen LogP contribution is -2.42. The molecule has 1 aromatic carbocycles. The van der Waals surface area contributed by atoms with Gasteiger partial charge in [0, 0.05) is 26.7 Å². The molecule has 0 bridgehead atoms. The molecule has 2 N–H and O–H groups in total. The molecule has 1 heterocycles. The highest BCUT2D eigenvalue weighted by molar-refractivity contribution is 6.22. The predicted molar refractivity (Wildman–Crippen MR) is 91.5 cm³/mol. The zero-order valence-electron chi connectivity index (χ0n) is 13.8. The van der Waals surface area contributed by atoms with E-state index in [4.69, 9.17) is 4.74 Å². The highest BCUT2D eigenvalue weighted by atomic mass is 35.5. The summed E-state index contributed by atoms with van der Waals surface area (Å²) in [5.74, 6) is -1.19. The van der Waals surface area contributed by atoms with E-state index in [2.05, 4.69) is 10.6 Å². The van der Waals surface area contributed by atoms with Gasteiger partial charge in [0.05, 0.1) is 17.7 Å². The Morgan fingerprint density at radius 3 is 2.54 bits per heavy atom. The fourth-order valence-corrected chi connectivity index (χ4v) is 2.34. The van der Waals surface area contributed by atoms with Gasteiger partial charge in [0.15, 0.2) is 0 Å². The summed E-state index contributed by atoms with van der Waals surface area (Å²) in [6, 6.07) is 5.08. The van der Waals surface area contributed by atoms with E-state index in [-0.39, 0.29) is 24.9 Å². The number of hydrogen-bond donors (Lipinski definition) is 2. The fraction of sp³-hybridized carbons (Fsp3) is 0.438. The van der Waals surface area contributed by atoms with E-state index in [0.717, 1.165) is 10.5 Å². The number of aryl methyl sites for hydroxylation is 1. The summed E-state index contributed by atoms with van der Waals surface area (Å²) in [4.78, 5) is 37.3. The minimum Gasteiger partial charge on any atom is -0.383 e. The lowest BCUT2D eigenvalue weighted by Gasteiger charge is -2.13. The van der Waals surface area contributed by atoms with Gasteiger partial charge in [0.2, 0.25) is 5.91 Å². The molecule has 1 aromatic rings. The van der Waals surface area contributed by atoms with Crippen LogP contribution >= 0.6 is 12.4 Å². The topological polar surface area (TPSA) is 87.7 Å². The molecule has 24 heavy (non-hydrogen) atoms. The number of ether oxygens (including phenoxy) is 1. The van der Waals surface area contributed by atoms with Crippen LogP contribution < -0.4 is 10.6 Å². The number of fused-ring (bicyclic) bond motifs is 1. The Hall–Kier alpha value is -1.96. The van der Waals surface area contributed by atoms with Gasteiger partial charge in [0.25, 0.3) is 11.8 Å². The minimum atomic E-state index is -0.418. The van der Waals surface area contributed by atoms with Crippen LogP contribution in [0.1, 0.15) is 26.3 Å². The average Bonchev–Trinajstić information content (AvgIpc) is 2.75. The van der Waals surface area contributed by atoms with Crippen LogP contribution in [0, 0.1) is 6.92 Å². The Balaban J connectivity index is 0.00000288. The lowest BCUT2D eigenvalue weighted by molar-refractivity contribution is -0.121. The van der Waals surface area contributed by atoms with E-state index in [1.165, 1.54) is 0 Å². The third-order valence-electron chi connectivity index (χ3n) is 3.53. The van der Waals surface area contributed by atoms with Crippen LogP contribution in [0.3, 0.4) is 0 Å². The van der Waals surface area contributed by atoms with Crippen molar-refractivity contribution in [3.8, 4) is 0 Å². The van der Waals surface area contributed by atoms with Crippen molar-refractivity contribution < 1.29 is 19.1 Å². The molecule has 7 nitrogen and oxygen atoms in total. The van der Waals surface area contributed by atoms with E-state index in [1.54, 1.807) is 25.3 Å². The van der Waals surface area contributed by atoms with Gasteiger partial charge in [-0.15, -0.1) is 12.4 Å². The van der Waals surface area contributed by atoms with Crippen LogP contribution in [-0.2, 0) is 9.53 Å². The number of benzene rings is 1. The Labute approximate surface area is 147 Å². The van der Waals surface area contributed by atoms with Crippen LogP contribution in [0.4, 0.5) is 0 Å². The van der Waals surface area contributed by atoms with E-state index in [1.807, 2.05) is 6.92 Å². The number of imide groups is 1. The van der Waals surface area contributed by atoms with Crippen molar-refractivity contribution in [2.45, 2.75) is 6.92 Å². The molecular weight excluding hydrogens is 334 g/mol. The number of halogens is 1. The minimum absolute atomic E-state index is 0. The molecule has 0 radical (unpaired) electrons. The number of nitrogens with one attached hydrogen (secondary N) is 2. The molecule has 2 rings (SSSR count). The van der Waals surface area contributed by atoms with Crippen LogP contribution in [0.5, 0.6) is 0 Å². The standard InChI is InChI=1S/C16H21N3O4.ClH/c1-11-3-4-12-13(9-11)16(22)19(15(12)21)10-14(20)18-6-5-17-7-8-23-2;/h3-4,9,17H,5-8,10H2,1-2H3,(H,18,20);1H. The van der Waals surface area contributed by atoms with Crippen molar-refractivity contribution in [1.29, 1.82) is 0 Å². The second-order valence-electron chi connectivity index (χ2n) is 5.34. The van der Waals surface area contributed by atoms with Gasteiger partial charge in [-0.25, -0.2) is 0 Å². The highest BCUT2D eigenvalue weighted by Crippen LogP contribution is 2.23. The Kier molecular flexibility index (Phi) is 7.84. The fourth-order valence-electron chi connectivity index (χ4n) is 2.34. The van der Waals surface area contributed by atoms with Gasteiger partial charge in [-0.2, -0.15) is 0 Å². The summed E-state index contributed by atoms with van der Waals surface area (Å²) in [7, 11) is 1.62. The molecule has 3 amide bonds. The normalized spacial score (nSPS) is 12.8. The highest BCUT2D eigenvalue weighted by Gasteiger charge is 2.36. The molecular formula is C16H22ClN3O4. The molecule has 8 heteroatoms. The van der Waals surface area contributed by atoms with Crippen molar-refractivity contribution in [1.82, 2.24) is 15.5 Å². The smallest absolute Gasteiger partial charge is 0.262 e. The summed E-state index contributed by atoms with van der Waals surface area (Å²) < 4.78 is 4.89. The van der Waals surface area contributed by atoms with Gasteiger partial charge >= 0.3 is 0 Å². The first-order valence-corrected chi connectivity index (χ1v) is 7.47. The second-order valence-corrected chi connectivity index (χ2v) is 5.34. The molecule has 0 saturated carbocycles. The Bertz CT molecular complexity index is 621. The quantitative estimate of drug-likeness (QED) is 0.519. The number of hydrogen-bond acceptors (Lipinski definition) is 5. The SMILES string of the molecule is COCCNCCNC(=O)CN1C(=O)c2ccc(C)cc2C1=O.Cl. The largest absolute Gasteiger partial charge is 0.383 e. The first-order chi connectivity index (χ1) is 11.0. The molecule has 0 aromatic heterocycles. The molecule has 0 spiro atoms. The molecule has 0 unspecified atom stereocenters. The molecule has 0 atom stereocenters. The number of rotatable bonds is 8. The maximum Gasteiger partial charge on any atom is 0.262 e. The number of methoxy groups -OCH3 is 1. The number of amides is 3. The van der Waals surface area contributed by atoms with Gasteiger partial charge in [0.1, 0.15) is 6.54 Å². The van der Waals surface area contributed by atoms with Crippen molar-refractivity contribution >= 4 is 30.1 Å². The predicted octanol–water partition coefficient (Wildman–Crippen LogP) is 0.365. The summed E-state index contributed by atoms with van der Waals surface area (Å²) >= 11 is 0. The molecule has 0 saturated heterocycles. The summed E-state index contributed by atoms with van der Waals surface area (Å²) in [6.45, 7) is 3.90. The number of carbonyl (C=O) groups excluding carboxylic acids is 3. The van der Waals surface area contributed by atoms with Gasteiger partial charge < -0.3 is 15.4 Å². The monoisotopic (exact) mass is 355 g/mol. The van der Waals surface area contributed by atoms with Gasteiger partial charge in [-0.3, -0.25) is 19.3 Å². The van der Waals surface area contributed by atoms with Gasteiger partial charge in [-0.05, 0) is 19.1 Å². The van der Waals surface area contributed by atoms with Crippen LogP contribution in [0.2, 0.25) is 0 Å². The Morgan fingerprint density at radius 2 is 1.83 bits per heavy atom. The maximum atomic E-state index is 12.2. The van der Waals surface area contributed by atoms with Crippen molar-refractivity contribution in [3.05, 3.63) is 34.9 Å². The maximum absolute atomic E-state index is 12.2. The van der Waals surface area contributed by atoms with E-state index >= 15 is 0 Å². The first kappa shape index (κ1) is 20.1. The second kappa shape index (κ2) is 9.36. The summed E-state index contributed by atoms with van der Waals surface area (Å²) in [5.41, 5.74) is 1.62. The van der Waals surface area contributed by atoms with Crippen LogP contribution in [0.15, 0.2) is 18.2 Å². The third-order valence-corrected chi connectivity index (χ3v) is 3.53. The number of carbonyl (C=O) groups is 3. The summed E-state index contributed by atoms with van der Waals surface area (Å²) in [6.07, 6.45) is 0. The zero-order chi connectivity index (χ0) is 16.8. The van der Waals surface area contributed by atoms with Crippen molar-refractivity contribution in [3.63, 3.8) is 0 Å². The van der Waals surface area contributed by atoms with E-state index in [0.29, 0.717) is 37.4 Å². The van der Waals surface area contributed by atoms with Crippen LogP contribution in [-0.4, -0.2) is 62.5 Å². The molecule has 1 aliphatic heterocycles. The Morgan fingerprint density at radius 1 is 1.12 bits per heavy atom. The lowest BCUT2D eigenvalue weighted by atomic mass is 10.1. The first-order valence-electron chi connectivity index (χ1n) is 7.47.